The van der Waals surface area contributed by atoms with Crippen molar-refractivity contribution in [1.29, 1.82) is 0 Å². The number of nitrogens with two attached hydrogens (primary N) is 1. The fourth-order valence-corrected chi connectivity index (χ4v) is 2.26. The molecular weight excluding hydrogens is 222 g/mol. The summed E-state index contributed by atoms with van der Waals surface area (Å²) in [5.74, 6) is 0.272. The molecule has 0 bridgehead atoms. The monoisotopic (exact) mass is 243 g/mol. The molecule has 0 saturated heterocycles. The number of oxime groups is 1. The van der Waals surface area contributed by atoms with Gasteiger partial charge in [0.15, 0.2) is 5.84 Å². The zero-order valence-electron chi connectivity index (χ0n) is 10.2. The Labute approximate surface area is 101 Å². The van der Waals surface area contributed by atoms with Gasteiger partial charge >= 0.3 is 6.09 Å². The third-order valence-electron chi connectivity index (χ3n) is 3.10. The van der Waals surface area contributed by atoms with Crippen LogP contribution in [0, 0.1) is 5.92 Å². The topological polar surface area (TPSA) is 96.9 Å². The highest BCUT2D eigenvalue weighted by atomic mass is 16.5. The molecule has 0 aromatic rings. The van der Waals surface area contributed by atoms with Crippen molar-refractivity contribution >= 4 is 11.9 Å². The fourth-order valence-electron chi connectivity index (χ4n) is 2.26. The standard InChI is InChI=1S/C11H21N3O3/c1-2-17-11(15)13-9(10(12)14-16)8-6-4-3-5-7-8/h8-9,16H,2-7H2,1H3,(H2,12,14)(H,13,15). The molecule has 0 aromatic heterocycles. The molecule has 0 aromatic carbocycles. The van der Waals surface area contributed by atoms with E-state index in [-0.39, 0.29) is 11.8 Å². The molecule has 1 aliphatic rings. The first kappa shape index (κ1) is 13.6. The van der Waals surface area contributed by atoms with Crippen molar-refractivity contribution < 1.29 is 14.7 Å². The minimum Gasteiger partial charge on any atom is -0.450 e. The second-order valence-corrected chi connectivity index (χ2v) is 4.27. The number of alkyl carbamates (subject to hydrolysis) is 1. The molecule has 0 aliphatic heterocycles. The molecule has 1 atom stereocenters. The Morgan fingerprint density at radius 1 is 1.53 bits per heavy atom. The maximum atomic E-state index is 11.4. The van der Waals surface area contributed by atoms with Crippen LogP contribution in [0.2, 0.25) is 0 Å². The van der Waals surface area contributed by atoms with Crippen LogP contribution in [0.25, 0.3) is 0 Å². The summed E-state index contributed by atoms with van der Waals surface area (Å²) in [6.45, 7) is 2.04. The van der Waals surface area contributed by atoms with Crippen molar-refractivity contribution in [3.05, 3.63) is 0 Å². The highest BCUT2D eigenvalue weighted by molar-refractivity contribution is 5.88. The van der Waals surface area contributed by atoms with E-state index in [9.17, 15) is 4.79 Å². The van der Waals surface area contributed by atoms with Gasteiger partial charge in [0.05, 0.1) is 12.6 Å². The average molecular weight is 243 g/mol. The first-order valence-electron chi connectivity index (χ1n) is 6.09. The average Bonchev–Trinajstić information content (AvgIpc) is 2.36. The quantitative estimate of drug-likeness (QED) is 0.301. The van der Waals surface area contributed by atoms with E-state index in [1.54, 1.807) is 6.92 Å². The zero-order valence-corrected chi connectivity index (χ0v) is 10.2. The molecule has 17 heavy (non-hydrogen) atoms. The van der Waals surface area contributed by atoms with Crippen LogP contribution in [0.4, 0.5) is 4.79 Å². The Morgan fingerprint density at radius 2 is 2.18 bits per heavy atom. The summed E-state index contributed by atoms with van der Waals surface area (Å²) in [4.78, 5) is 11.4. The molecule has 0 heterocycles. The van der Waals surface area contributed by atoms with E-state index in [1.807, 2.05) is 0 Å². The number of carbonyl (C=O) groups is 1. The Balaban J connectivity index is 2.62. The maximum Gasteiger partial charge on any atom is 0.407 e. The van der Waals surface area contributed by atoms with Crippen LogP contribution in [0.15, 0.2) is 5.16 Å². The second-order valence-electron chi connectivity index (χ2n) is 4.27. The van der Waals surface area contributed by atoms with Gasteiger partial charge in [-0.25, -0.2) is 4.79 Å². The molecule has 98 valence electrons. The lowest BCUT2D eigenvalue weighted by atomic mass is 9.83. The largest absolute Gasteiger partial charge is 0.450 e. The molecule has 4 N–H and O–H groups in total. The second kappa shape index (κ2) is 6.98. The number of hydrogen-bond donors (Lipinski definition) is 3. The number of nitrogens with zero attached hydrogens (tertiary/aromatic N) is 1. The summed E-state index contributed by atoms with van der Waals surface area (Å²) in [5, 5.41) is 14.4. The van der Waals surface area contributed by atoms with Crippen LogP contribution >= 0.6 is 0 Å². The summed E-state index contributed by atoms with van der Waals surface area (Å²) in [6, 6.07) is -0.431. The Morgan fingerprint density at radius 3 is 2.71 bits per heavy atom. The molecule has 1 fully saturated rings. The van der Waals surface area contributed by atoms with Crippen molar-refractivity contribution in [1.82, 2.24) is 5.32 Å². The van der Waals surface area contributed by atoms with Crippen LogP contribution < -0.4 is 11.1 Å². The van der Waals surface area contributed by atoms with Gasteiger partial charge in [0.1, 0.15) is 0 Å². The molecule has 1 saturated carbocycles. The number of carbonyl (C=O) groups excluding carboxylic acids is 1. The number of ether oxygens (including phenoxy) is 1. The lowest BCUT2D eigenvalue weighted by molar-refractivity contribution is 0.145. The van der Waals surface area contributed by atoms with E-state index in [2.05, 4.69) is 10.5 Å². The van der Waals surface area contributed by atoms with Crippen LogP contribution in [-0.4, -0.2) is 29.8 Å². The number of hydrogen-bond acceptors (Lipinski definition) is 4. The molecule has 1 rings (SSSR count). The molecule has 0 spiro atoms. The summed E-state index contributed by atoms with van der Waals surface area (Å²) in [6.07, 6.45) is 4.88. The number of amides is 1. The van der Waals surface area contributed by atoms with Gasteiger partial charge in [-0.15, -0.1) is 0 Å². The van der Waals surface area contributed by atoms with Crippen LogP contribution in [0.1, 0.15) is 39.0 Å². The molecule has 1 unspecified atom stereocenters. The number of nitrogens with one attached hydrogen (secondary N) is 1. The van der Waals surface area contributed by atoms with E-state index in [0.717, 1.165) is 25.7 Å². The number of rotatable bonds is 4. The van der Waals surface area contributed by atoms with Crippen LogP contribution in [0.5, 0.6) is 0 Å². The molecule has 0 radical (unpaired) electrons. The van der Waals surface area contributed by atoms with Crippen molar-refractivity contribution in [3.8, 4) is 0 Å². The van der Waals surface area contributed by atoms with E-state index >= 15 is 0 Å². The van der Waals surface area contributed by atoms with E-state index < -0.39 is 12.1 Å². The fraction of sp³-hybridized carbons (Fsp3) is 0.818. The normalized spacial score (nSPS) is 19.7. The lowest BCUT2D eigenvalue weighted by Crippen LogP contribution is -2.49. The summed E-state index contributed by atoms with van der Waals surface area (Å²) in [5.41, 5.74) is 5.62. The number of amidine groups is 1. The van der Waals surface area contributed by atoms with Crippen molar-refractivity contribution in [2.45, 2.75) is 45.1 Å². The third kappa shape index (κ3) is 4.13. The van der Waals surface area contributed by atoms with Gasteiger partial charge < -0.3 is 21.0 Å². The van der Waals surface area contributed by atoms with Gasteiger partial charge in [-0.3, -0.25) is 0 Å². The Bertz CT molecular complexity index is 275. The minimum atomic E-state index is -0.519. The van der Waals surface area contributed by atoms with Gasteiger partial charge in [0.2, 0.25) is 0 Å². The summed E-state index contributed by atoms with van der Waals surface area (Å²) >= 11 is 0. The Hall–Kier alpha value is -1.46. The van der Waals surface area contributed by atoms with Gasteiger partial charge in [0, 0.05) is 0 Å². The molecule has 1 aliphatic carbocycles. The van der Waals surface area contributed by atoms with Gasteiger partial charge in [0.25, 0.3) is 0 Å². The van der Waals surface area contributed by atoms with E-state index in [1.165, 1.54) is 6.42 Å². The Kier molecular flexibility index (Phi) is 5.59. The SMILES string of the molecule is CCOC(=O)NC(/C(N)=N/O)C1CCCCC1. The van der Waals surface area contributed by atoms with Gasteiger partial charge in [-0.05, 0) is 25.7 Å². The lowest BCUT2D eigenvalue weighted by Gasteiger charge is -2.29. The van der Waals surface area contributed by atoms with Crippen molar-refractivity contribution in [2.24, 2.45) is 16.8 Å². The first-order valence-corrected chi connectivity index (χ1v) is 6.09. The van der Waals surface area contributed by atoms with Gasteiger partial charge in [-0.1, -0.05) is 24.4 Å². The molecule has 1 amide bonds. The highest BCUT2D eigenvalue weighted by Crippen LogP contribution is 2.26. The van der Waals surface area contributed by atoms with Crippen LogP contribution in [-0.2, 0) is 4.74 Å². The predicted octanol–water partition coefficient (Wildman–Crippen LogP) is 1.43. The maximum absolute atomic E-state index is 11.4. The summed E-state index contributed by atoms with van der Waals surface area (Å²) < 4.78 is 4.82. The smallest absolute Gasteiger partial charge is 0.407 e. The minimum absolute atomic E-state index is 0.0463. The summed E-state index contributed by atoms with van der Waals surface area (Å²) in [7, 11) is 0. The highest BCUT2D eigenvalue weighted by Gasteiger charge is 2.28. The molecule has 6 heteroatoms. The van der Waals surface area contributed by atoms with Crippen LogP contribution in [0.3, 0.4) is 0 Å². The van der Waals surface area contributed by atoms with Gasteiger partial charge in [-0.2, -0.15) is 0 Å². The van der Waals surface area contributed by atoms with E-state index in [0.29, 0.717) is 6.61 Å². The predicted molar refractivity (Wildman–Crippen MR) is 63.9 cm³/mol. The molecular formula is C11H21N3O3. The van der Waals surface area contributed by atoms with Crippen molar-refractivity contribution in [2.75, 3.05) is 6.61 Å². The third-order valence-corrected chi connectivity index (χ3v) is 3.10. The first-order chi connectivity index (χ1) is 8.19. The van der Waals surface area contributed by atoms with Crippen molar-refractivity contribution in [3.63, 3.8) is 0 Å². The zero-order chi connectivity index (χ0) is 12.7. The molecule has 6 nitrogen and oxygen atoms in total. The van der Waals surface area contributed by atoms with E-state index in [4.69, 9.17) is 15.7 Å².